The number of rotatable bonds is 5. The summed E-state index contributed by atoms with van der Waals surface area (Å²) in [5.41, 5.74) is 1.83. The van der Waals surface area contributed by atoms with E-state index in [0.717, 1.165) is 13.1 Å². The Balaban J connectivity index is 2.07. The first-order valence-electron chi connectivity index (χ1n) is 8.08. The lowest BCUT2D eigenvalue weighted by Crippen LogP contribution is -2.54. The normalized spacial score (nSPS) is 24.8. The Morgan fingerprint density at radius 2 is 1.90 bits per heavy atom. The van der Waals surface area contributed by atoms with Gasteiger partial charge in [-0.2, -0.15) is 0 Å². The third-order valence-corrected chi connectivity index (χ3v) is 4.79. The highest BCUT2D eigenvalue weighted by atomic mass is 15.2. The van der Waals surface area contributed by atoms with E-state index in [-0.39, 0.29) is 0 Å². The lowest BCUT2D eigenvalue weighted by atomic mass is 9.88. The Labute approximate surface area is 124 Å². The predicted octanol–water partition coefficient (Wildman–Crippen LogP) is 3.85. The summed E-state index contributed by atoms with van der Waals surface area (Å²) in [5, 5.41) is 3.73. The van der Waals surface area contributed by atoms with Crippen molar-refractivity contribution < 1.29 is 0 Å². The molecule has 2 heteroatoms. The monoisotopic (exact) mass is 274 g/mol. The van der Waals surface area contributed by atoms with Gasteiger partial charge >= 0.3 is 0 Å². The number of piperazine rings is 1. The minimum Gasteiger partial charge on any atom is -0.307 e. The minimum atomic E-state index is 0.409. The second-order valence-electron chi connectivity index (χ2n) is 6.88. The molecule has 0 aliphatic carbocycles. The van der Waals surface area contributed by atoms with Gasteiger partial charge in [0.15, 0.2) is 0 Å². The van der Waals surface area contributed by atoms with Crippen molar-refractivity contribution in [3.8, 4) is 0 Å². The molecule has 1 N–H and O–H groups in total. The van der Waals surface area contributed by atoms with Crippen LogP contribution in [-0.2, 0) is 0 Å². The van der Waals surface area contributed by atoms with Gasteiger partial charge in [0.05, 0.1) is 0 Å². The van der Waals surface area contributed by atoms with Crippen LogP contribution >= 0.6 is 0 Å². The predicted molar refractivity (Wildman–Crippen MR) is 86.9 cm³/mol. The Morgan fingerprint density at radius 3 is 2.50 bits per heavy atom. The molecule has 0 radical (unpaired) electrons. The fourth-order valence-electron chi connectivity index (χ4n) is 3.02. The maximum Gasteiger partial charge on any atom is 0.0449 e. The average Bonchev–Trinajstić information content (AvgIpc) is 2.48. The van der Waals surface area contributed by atoms with Crippen LogP contribution < -0.4 is 5.32 Å². The molecule has 2 unspecified atom stereocenters. The molecule has 0 aromatic heterocycles. The lowest BCUT2D eigenvalue weighted by molar-refractivity contribution is 0.0799. The number of nitrogens with one attached hydrogen (secondary N) is 1. The van der Waals surface area contributed by atoms with E-state index >= 15 is 0 Å². The summed E-state index contributed by atoms with van der Waals surface area (Å²) in [6.07, 6.45) is 2.47. The van der Waals surface area contributed by atoms with Gasteiger partial charge in [-0.3, -0.25) is 4.90 Å². The summed E-state index contributed by atoms with van der Waals surface area (Å²) in [7, 11) is 0. The second kappa shape index (κ2) is 6.73. The molecule has 0 spiro atoms. The van der Waals surface area contributed by atoms with Crippen molar-refractivity contribution >= 4 is 0 Å². The quantitative estimate of drug-likeness (QED) is 0.877. The summed E-state index contributed by atoms with van der Waals surface area (Å²) in [6.45, 7) is 12.8. The smallest absolute Gasteiger partial charge is 0.0449 e. The van der Waals surface area contributed by atoms with Gasteiger partial charge in [0.1, 0.15) is 0 Å². The van der Waals surface area contributed by atoms with E-state index in [1.807, 2.05) is 0 Å². The van der Waals surface area contributed by atoms with Crippen LogP contribution in [0.3, 0.4) is 0 Å². The molecule has 1 aliphatic heterocycles. The molecule has 20 heavy (non-hydrogen) atoms. The number of nitrogens with zero attached hydrogens (tertiary/aromatic N) is 1. The molecular formula is C18H30N2. The third-order valence-electron chi connectivity index (χ3n) is 4.79. The Morgan fingerprint density at radius 1 is 1.20 bits per heavy atom. The molecule has 1 aromatic rings. The van der Waals surface area contributed by atoms with Gasteiger partial charge in [-0.25, -0.2) is 0 Å². The van der Waals surface area contributed by atoms with Crippen LogP contribution in [0.4, 0.5) is 0 Å². The zero-order valence-electron chi connectivity index (χ0n) is 13.5. The molecule has 1 aliphatic rings. The van der Waals surface area contributed by atoms with Crippen LogP contribution in [0.5, 0.6) is 0 Å². The topological polar surface area (TPSA) is 15.3 Å². The third kappa shape index (κ3) is 3.83. The van der Waals surface area contributed by atoms with E-state index in [4.69, 9.17) is 0 Å². The summed E-state index contributed by atoms with van der Waals surface area (Å²) < 4.78 is 0. The van der Waals surface area contributed by atoms with Crippen molar-refractivity contribution in [3.05, 3.63) is 35.9 Å². The Bertz CT molecular complexity index is 399. The first kappa shape index (κ1) is 15.5. The molecule has 0 saturated carbocycles. The Kier molecular flexibility index (Phi) is 5.22. The van der Waals surface area contributed by atoms with E-state index in [2.05, 4.69) is 68.2 Å². The molecule has 0 bridgehead atoms. The maximum atomic E-state index is 3.73. The molecule has 2 nitrogen and oxygen atoms in total. The lowest BCUT2D eigenvalue weighted by Gasteiger charge is -2.43. The van der Waals surface area contributed by atoms with Crippen molar-refractivity contribution in [2.75, 3.05) is 19.6 Å². The summed E-state index contributed by atoms with van der Waals surface area (Å²) in [4.78, 5) is 2.71. The largest absolute Gasteiger partial charge is 0.307 e. The van der Waals surface area contributed by atoms with Crippen molar-refractivity contribution in [1.82, 2.24) is 10.2 Å². The van der Waals surface area contributed by atoms with E-state index in [9.17, 15) is 0 Å². The molecule has 2 rings (SSSR count). The first-order valence-corrected chi connectivity index (χ1v) is 8.08. The van der Waals surface area contributed by atoms with Gasteiger partial charge in [0, 0.05) is 31.7 Å². The standard InChI is InChI=1S/C18H30N2/c1-5-16-12-19-17(15-10-8-7-9-11-15)13-20(16)14-18(3,4)6-2/h7-11,16-17,19H,5-6,12-14H2,1-4H3. The van der Waals surface area contributed by atoms with Gasteiger partial charge in [-0.15, -0.1) is 0 Å². The van der Waals surface area contributed by atoms with Crippen molar-refractivity contribution in [2.45, 2.75) is 52.6 Å². The SMILES string of the molecule is CCC1CNC(c2ccccc2)CN1CC(C)(C)CC. The van der Waals surface area contributed by atoms with Gasteiger partial charge < -0.3 is 5.32 Å². The van der Waals surface area contributed by atoms with Crippen molar-refractivity contribution in [3.63, 3.8) is 0 Å². The molecule has 0 amide bonds. The number of hydrogen-bond acceptors (Lipinski definition) is 2. The van der Waals surface area contributed by atoms with Gasteiger partial charge in [-0.1, -0.05) is 58.0 Å². The van der Waals surface area contributed by atoms with E-state index < -0.39 is 0 Å². The minimum absolute atomic E-state index is 0.409. The van der Waals surface area contributed by atoms with Crippen LogP contribution in [-0.4, -0.2) is 30.6 Å². The summed E-state index contributed by atoms with van der Waals surface area (Å²) >= 11 is 0. The van der Waals surface area contributed by atoms with Crippen LogP contribution in [0, 0.1) is 5.41 Å². The van der Waals surface area contributed by atoms with E-state index in [1.54, 1.807) is 0 Å². The number of benzene rings is 1. The average molecular weight is 274 g/mol. The fraction of sp³-hybridized carbons (Fsp3) is 0.667. The molecule has 1 aromatic carbocycles. The molecular weight excluding hydrogens is 244 g/mol. The summed E-state index contributed by atoms with van der Waals surface area (Å²) in [6, 6.07) is 12.0. The Hall–Kier alpha value is -0.860. The van der Waals surface area contributed by atoms with E-state index in [1.165, 1.54) is 24.9 Å². The molecule has 112 valence electrons. The van der Waals surface area contributed by atoms with Crippen LogP contribution in [0.1, 0.15) is 52.1 Å². The highest BCUT2D eigenvalue weighted by molar-refractivity contribution is 5.20. The molecule has 1 heterocycles. The van der Waals surface area contributed by atoms with Crippen LogP contribution in [0.15, 0.2) is 30.3 Å². The first-order chi connectivity index (χ1) is 9.55. The van der Waals surface area contributed by atoms with Gasteiger partial charge in [0.2, 0.25) is 0 Å². The molecule has 1 saturated heterocycles. The highest BCUT2D eigenvalue weighted by Crippen LogP contribution is 2.27. The molecule has 2 atom stereocenters. The maximum absolute atomic E-state index is 3.73. The van der Waals surface area contributed by atoms with Gasteiger partial charge in [-0.05, 0) is 23.8 Å². The molecule has 1 fully saturated rings. The van der Waals surface area contributed by atoms with Crippen molar-refractivity contribution in [1.29, 1.82) is 0 Å². The summed E-state index contributed by atoms with van der Waals surface area (Å²) in [5.74, 6) is 0. The fourth-order valence-corrected chi connectivity index (χ4v) is 3.02. The van der Waals surface area contributed by atoms with E-state index in [0.29, 0.717) is 17.5 Å². The second-order valence-corrected chi connectivity index (χ2v) is 6.88. The highest BCUT2D eigenvalue weighted by Gasteiger charge is 2.30. The zero-order valence-corrected chi connectivity index (χ0v) is 13.5. The zero-order chi connectivity index (χ0) is 14.6. The van der Waals surface area contributed by atoms with Gasteiger partial charge in [0.25, 0.3) is 0 Å². The number of hydrogen-bond donors (Lipinski definition) is 1. The van der Waals surface area contributed by atoms with Crippen LogP contribution in [0.2, 0.25) is 0 Å². The van der Waals surface area contributed by atoms with Crippen LogP contribution in [0.25, 0.3) is 0 Å². The van der Waals surface area contributed by atoms with Crippen molar-refractivity contribution in [2.24, 2.45) is 5.41 Å².